The van der Waals surface area contributed by atoms with Crippen LogP contribution in [0.3, 0.4) is 0 Å². The molecule has 14 heavy (non-hydrogen) atoms. The van der Waals surface area contributed by atoms with E-state index in [1.807, 2.05) is 60.7 Å². The molecule has 0 unspecified atom stereocenters. The van der Waals surface area contributed by atoms with Gasteiger partial charge in [0.25, 0.3) is 0 Å². The van der Waals surface area contributed by atoms with Crippen LogP contribution in [0.25, 0.3) is 5.57 Å². The van der Waals surface area contributed by atoms with Crippen LogP contribution in [0, 0.1) is 6.58 Å². The average Bonchev–Trinajstić information content (AvgIpc) is 2.30. The van der Waals surface area contributed by atoms with Crippen molar-refractivity contribution in [3.63, 3.8) is 0 Å². The molecule has 0 aromatic heterocycles. The van der Waals surface area contributed by atoms with Crippen molar-refractivity contribution in [3.05, 3.63) is 78.4 Å². The van der Waals surface area contributed by atoms with Crippen molar-refractivity contribution >= 4 is 5.57 Å². The second kappa shape index (κ2) is 3.93. The Bertz CT molecular complexity index is 371. The Labute approximate surface area is 84.5 Å². The SMILES string of the molecule is [CH]=C(c1ccccc1)c1ccccc1. The molecule has 0 aliphatic carbocycles. The van der Waals surface area contributed by atoms with Crippen LogP contribution >= 0.6 is 0 Å². The van der Waals surface area contributed by atoms with Crippen molar-refractivity contribution in [2.24, 2.45) is 0 Å². The third kappa shape index (κ3) is 1.74. The molecule has 2 aromatic rings. The molecule has 0 heteroatoms. The van der Waals surface area contributed by atoms with E-state index in [9.17, 15) is 0 Å². The number of hydrogen-bond acceptors (Lipinski definition) is 0. The third-order valence-corrected chi connectivity index (χ3v) is 2.17. The van der Waals surface area contributed by atoms with Crippen LogP contribution in [-0.2, 0) is 0 Å². The fraction of sp³-hybridized carbons (Fsp3) is 0. The van der Waals surface area contributed by atoms with Crippen molar-refractivity contribution in [3.8, 4) is 0 Å². The molecule has 67 valence electrons. The minimum absolute atomic E-state index is 0.825. The van der Waals surface area contributed by atoms with E-state index in [1.165, 1.54) is 0 Å². The van der Waals surface area contributed by atoms with E-state index in [-0.39, 0.29) is 0 Å². The van der Waals surface area contributed by atoms with Crippen molar-refractivity contribution in [2.75, 3.05) is 0 Å². The van der Waals surface area contributed by atoms with Gasteiger partial charge < -0.3 is 0 Å². The maximum absolute atomic E-state index is 6.03. The molecule has 1 radical (unpaired) electrons. The molecule has 0 heterocycles. The van der Waals surface area contributed by atoms with Crippen molar-refractivity contribution in [2.45, 2.75) is 0 Å². The molecule has 0 bridgehead atoms. The Morgan fingerprint density at radius 3 is 1.36 bits per heavy atom. The zero-order valence-electron chi connectivity index (χ0n) is 7.85. The van der Waals surface area contributed by atoms with Gasteiger partial charge in [0.05, 0.1) is 0 Å². The Balaban J connectivity index is 2.35. The van der Waals surface area contributed by atoms with E-state index in [0.717, 1.165) is 16.7 Å². The quantitative estimate of drug-likeness (QED) is 0.661. The second-order valence-electron chi connectivity index (χ2n) is 3.15. The Morgan fingerprint density at radius 2 is 1.00 bits per heavy atom. The first-order chi connectivity index (χ1) is 6.88. The first-order valence-corrected chi connectivity index (χ1v) is 4.61. The van der Waals surface area contributed by atoms with Gasteiger partial charge in [0.2, 0.25) is 0 Å². The predicted molar refractivity (Wildman–Crippen MR) is 59.7 cm³/mol. The minimum atomic E-state index is 0.825. The highest BCUT2D eigenvalue weighted by atomic mass is 14.0. The minimum Gasteiger partial charge on any atom is -0.0622 e. The normalized spacial score (nSPS) is 9.71. The highest BCUT2D eigenvalue weighted by Gasteiger charge is 1.99. The lowest BCUT2D eigenvalue weighted by Crippen LogP contribution is -1.84. The lowest BCUT2D eigenvalue weighted by atomic mass is 10.0. The van der Waals surface area contributed by atoms with Crippen LogP contribution in [0.2, 0.25) is 0 Å². The molecule has 0 atom stereocenters. The Morgan fingerprint density at radius 1 is 0.643 bits per heavy atom. The number of benzene rings is 2. The van der Waals surface area contributed by atoms with Gasteiger partial charge in [-0.1, -0.05) is 67.2 Å². The number of hydrogen-bond donors (Lipinski definition) is 0. The first kappa shape index (κ1) is 8.76. The fourth-order valence-electron chi connectivity index (χ4n) is 1.40. The van der Waals surface area contributed by atoms with Crippen LogP contribution in [-0.4, -0.2) is 0 Å². The molecule has 0 nitrogen and oxygen atoms in total. The number of rotatable bonds is 2. The van der Waals surface area contributed by atoms with Gasteiger partial charge in [-0.2, -0.15) is 0 Å². The van der Waals surface area contributed by atoms with Gasteiger partial charge in [-0.15, -0.1) is 0 Å². The summed E-state index contributed by atoms with van der Waals surface area (Å²) in [6, 6.07) is 20.0. The summed E-state index contributed by atoms with van der Waals surface area (Å²) in [5.74, 6) is 0. The molecule has 0 saturated heterocycles. The van der Waals surface area contributed by atoms with E-state index in [1.54, 1.807) is 0 Å². The van der Waals surface area contributed by atoms with E-state index in [4.69, 9.17) is 6.58 Å². The monoisotopic (exact) mass is 179 g/mol. The lowest BCUT2D eigenvalue weighted by molar-refractivity contribution is 1.55. The summed E-state index contributed by atoms with van der Waals surface area (Å²) in [4.78, 5) is 0. The van der Waals surface area contributed by atoms with Gasteiger partial charge in [0.15, 0.2) is 0 Å². The molecule has 2 rings (SSSR count). The fourth-order valence-corrected chi connectivity index (χ4v) is 1.40. The zero-order chi connectivity index (χ0) is 9.80. The van der Waals surface area contributed by atoms with E-state index >= 15 is 0 Å². The molecule has 2 aromatic carbocycles. The average molecular weight is 179 g/mol. The third-order valence-electron chi connectivity index (χ3n) is 2.17. The highest BCUT2D eigenvalue weighted by molar-refractivity contribution is 5.76. The first-order valence-electron chi connectivity index (χ1n) is 4.61. The summed E-state index contributed by atoms with van der Waals surface area (Å²) in [5.41, 5.74) is 2.96. The molecule has 0 spiro atoms. The second-order valence-corrected chi connectivity index (χ2v) is 3.15. The molecule has 0 N–H and O–H groups in total. The molecular weight excluding hydrogens is 168 g/mol. The van der Waals surface area contributed by atoms with Crippen LogP contribution in [0.15, 0.2) is 60.7 Å². The van der Waals surface area contributed by atoms with Gasteiger partial charge in [0, 0.05) is 0 Å². The van der Waals surface area contributed by atoms with Gasteiger partial charge >= 0.3 is 0 Å². The van der Waals surface area contributed by atoms with Gasteiger partial charge in [-0.3, -0.25) is 0 Å². The van der Waals surface area contributed by atoms with Crippen LogP contribution in [0.4, 0.5) is 0 Å². The van der Waals surface area contributed by atoms with E-state index < -0.39 is 0 Å². The zero-order valence-corrected chi connectivity index (χ0v) is 7.85. The maximum Gasteiger partial charge on any atom is -0.0111 e. The maximum atomic E-state index is 6.03. The Kier molecular flexibility index (Phi) is 2.46. The Hall–Kier alpha value is -1.82. The summed E-state index contributed by atoms with van der Waals surface area (Å²) < 4.78 is 0. The molecule has 0 fully saturated rings. The largest absolute Gasteiger partial charge is 0.0622 e. The summed E-state index contributed by atoms with van der Waals surface area (Å²) in [6.45, 7) is 6.03. The van der Waals surface area contributed by atoms with E-state index in [0.29, 0.717) is 0 Å². The standard InChI is InChI=1S/C14H11/c1-12(13-8-4-2-5-9-13)14-10-6-3-7-11-14/h1-11H. The highest BCUT2D eigenvalue weighted by Crippen LogP contribution is 2.19. The molecule has 0 amide bonds. The molecular formula is C14H11. The van der Waals surface area contributed by atoms with Crippen LogP contribution in [0.1, 0.15) is 11.1 Å². The lowest BCUT2D eigenvalue weighted by Gasteiger charge is -2.04. The summed E-state index contributed by atoms with van der Waals surface area (Å²) in [6.07, 6.45) is 0. The van der Waals surface area contributed by atoms with Gasteiger partial charge in [-0.25, -0.2) is 0 Å². The molecule has 0 aliphatic rings. The van der Waals surface area contributed by atoms with Crippen molar-refractivity contribution in [1.29, 1.82) is 0 Å². The smallest absolute Gasteiger partial charge is 0.0111 e. The predicted octanol–water partition coefficient (Wildman–Crippen LogP) is 3.55. The van der Waals surface area contributed by atoms with Crippen molar-refractivity contribution in [1.82, 2.24) is 0 Å². The molecule has 0 aliphatic heterocycles. The summed E-state index contributed by atoms with van der Waals surface area (Å²) >= 11 is 0. The summed E-state index contributed by atoms with van der Waals surface area (Å²) in [7, 11) is 0. The van der Waals surface area contributed by atoms with Crippen LogP contribution in [0.5, 0.6) is 0 Å². The van der Waals surface area contributed by atoms with Gasteiger partial charge in [-0.05, 0) is 16.7 Å². The summed E-state index contributed by atoms with van der Waals surface area (Å²) in [5, 5.41) is 0. The van der Waals surface area contributed by atoms with Gasteiger partial charge in [0.1, 0.15) is 0 Å². The molecule has 0 saturated carbocycles. The van der Waals surface area contributed by atoms with Crippen LogP contribution < -0.4 is 0 Å². The van der Waals surface area contributed by atoms with E-state index in [2.05, 4.69) is 0 Å². The van der Waals surface area contributed by atoms with Crippen molar-refractivity contribution < 1.29 is 0 Å². The topological polar surface area (TPSA) is 0 Å².